The largest absolute Gasteiger partial charge is 0.495 e. The van der Waals surface area contributed by atoms with E-state index in [4.69, 9.17) is 43.4 Å². The maximum absolute atomic E-state index is 11.4. The Balaban J connectivity index is 2.11. The normalized spacial score (nSPS) is 11.6. The summed E-state index contributed by atoms with van der Waals surface area (Å²) in [5.41, 5.74) is 7.55. The van der Waals surface area contributed by atoms with E-state index in [0.717, 1.165) is 31.4 Å². The van der Waals surface area contributed by atoms with Crippen molar-refractivity contribution in [3.63, 3.8) is 0 Å². The maximum atomic E-state index is 11.4. The zero-order valence-corrected chi connectivity index (χ0v) is 21.3. The molecule has 0 saturated carbocycles. The molecule has 8 nitrogen and oxygen atoms in total. The lowest BCUT2D eigenvalue weighted by Gasteiger charge is -2.11. The van der Waals surface area contributed by atoms with Gasteiger partial charge < -0.3 is 19.8 Å². The Kier molecular flexibility index (Phi) is 9.35. The molecular formula is C23H26Cl2N4O4S. The molecule has 0 spiro atoms. The van der Waals surface area contributed by atoms with Crippen LogP contribution in [0.1, 0.15) is 25.7 Å². The molecule has 0 aliphatic rings. The number of benzene rings is 2. The highest BCUT2D eigenvalue weighted by Gasteiger charge is 2.17. The molecule has 0 aliphatic heterocycles. The van der Waals surface area contributed by atoms with Crippen molar-refractivity contribution in [2.75, 3.05) is 20.8 Å². The van der Waals surface area contributed by atoms with E-state index in [1.807, 2.05) is 5.38 Å². The van der Waals surface area contributed by atoms with Crippen LogP contribution in [0.25, 0.3) is 11.3 Å². The molecule has 0 radical (unpaired) electrons. The van der Waals surface area contributed by atoms with E-state index >= 15 is 0 Å². The molecule has 0 aliphatic carbocycles. The van der Waals surface area contributed by atoms with E-state index in [-0.39, 0.29) is 10.7 Å². The van der Waals surface area contributed by atoms with E-state index in [1.54, 1.807) is 31.4 Å². The fraction of sp³-hybridized carbons (Fsp3) is 0.348. The summed E-state index contributed by atoms with van der Waals surface area (Å²) in [7, 11) is 3.09. The number of nitro benzene ring substituents is 1. The van der Waals surface area contributed by atoms with Gasteiger partial charge in [0.2, 0.25) is 0 Å². The van der Waals surface area contributed by atoms with Gasteiger partial charge in [0, 0.05) is 35.7 Å². The highest BCUT2D eigenvalue weighted by molar-refractivity contribution is 7.07. The molecule has 11 heteroatoms. The first-order valence-corrected chi connectivity index (χ1v) is 12.3. The molecule has 0 amide bonds. The molecule has 0 saturated heterocycles. The van der Waals surface area contributed by atoms with Gasteiger partial charge in [0.1, 0.15) is 22.2 Å². The van der Waals surface area contributed by atoms with Gasteiger partial charge in [0.05, 0.1) is 29.9 Å². The summed E-state index contributed by atoms with van der Waals surface area (Å²) in [6, 6.07) is 8.19. The van der Waals surface area contributed by atoms with Crippen LogP contribution in [0.2, 0.25) is 10.0 Å². The number of halogens is 2. The molecule has 1 heterocycles. The summed E-state index contributed by atoms with van der Waals surface area (Å²) in [5, 5.41) is 13.9. The Labute approximate surface area is 211 Å². The van der Waals surface area contributed by atoms with Crippen molar-refractivity contribution in [2.24, 2.45) is 10.7 Å². The number of nitrogens with zero attached hydrogens (tertiary/aromatic N) is 3. The van der Waals surface area contributed by atoms with Crippen LogP contribution in [0.15, 0.2) is 40.7 Å². The SMILES string of the molecule is COc1cc(/N=c2\scc(-c3ccc(Cl)c([N+](=O)[O-])c3)n2CCCCCCN)c(OC)cc1Cl. The van der Waals surface area contributed by atoms with Crippen LogP contribution < -0.4 is 20.0 Å². The molecule has 3 rings (SSSR count). The summed E-state index contributed by atoms with van der Waals surface area (Å²) in [6.45, 7) is 1.36. The molecule has 34 heavy (non-hydrogen) atoms. The van der Waals surface area contributed by atoms with Crippen molar-refractivity contribution in [3.8, 4) is 22.8 Å². The summed E-state index contributed by atoms with van der Waals surface area (Å²) in [4.78, 5) is 16.5. The van der Waals surface area contributed by atoms with Gasteiger partial charge in [-0.2, -0.15) is 0 Å². The molecule has 1 aromatic heterocycles. The molecule has 2 aromatic carbocycles. The van der Waals surface area contributed by atoms with Gasteiger partial charge in [-0.3, -0.25) is 10.1 Å². The molecular weight excluding hydrogens is 499 g/mol. The van der Waals surface area contributed by atoms with Crippen molar-refractivity contribution in [1.29, 1.82) is 0 Å². The highest BCUT2D eigenvalue weighted by Crippen LogP contribution is 2.37. The molecule has 0 atom stereocenters. The smallest absolute Gasteiger partial charge is 0.288 e. The van der Waals surface area contributed by atoms with Crippen LogP contribution in [-0.4, -0.2) is 30.3 Å². The lowest BCUT2D eigenvalue weighted by Crippen LogP contribution is -2.16. The number of methoxy groups -OCH3 is 2. The number of hydrogen-bond donors (Lipinski definition) is 1. The fourth-order valence-electron chi connectivity index (χ4n) is 3.48. The Bertz CT molecular complexity index is 1230. The van der Waals surface area contributed by atoms with Gasteiger partial charge in [0.15, 0.2) is 4.80 Å². The molecule has 2 N–H and O–H groups in total. The van der Waals surface area contributed by atoms with E-state index in [1.165, 1.54) is 24.5 Å². The van der Waals surface area contributed by atoms with Crippen LogP contribution in [-0.2, 0) is 6.54 Å². The van der Waals surface area contributed by atoms with Crippen LogP contribution in [0.4, 0.5) is 11.4 Å². The maximum Gasteiger partial charge on any atom is 0.288 e. The lowest BCUT2D eigenvalue weighted by molar-refractivity contribution is -0.384. The van der Waals surface area contributed by atoms with Gasteiger partial charge in [-0.05, 0) is 25.5 Å². The minimum Gasteiger partial charge on any atom is -0.495 e. The zero-order chi connectivity index (χ0) is 24.7. The van der Waals surface area contributed by atoms with Gasteiger partial charge in [0.25, 0.3) is 5.69 Å². The lowest BCUT2D eigenvalue weighted by atomic mass is 10.1. The van der Waals surface area contributed by atoms with E-state index < -0.39 is 4.92 Å². The first-order chi connectivity index (χ1) is 16.4. The average molecular weight is 525 g/mol. The van der Waals surface area contributed by atoms with E-state index in [0.29, 0.717) is 45.7 Å². The minimum atomic E-state index is -0.481. The first-order valence-electron chi connectivity index (χ1n) is 10.7. The van der Waals surface area contributed by atoms with Crippen molar-refractivity contribution < 1.29 is 14.4 Å². The number of thiazole rings is 1. The third kappa shape index (κ3) is 6.09. The molecule has 3 aromatic rings. The third-order valence-electron chi connectivity index (χ3n) is 5.24. The second-order valence-electron chi connectivity index (χ2n) is 7.45. The van der Waals surface area contributed by atoms with Crippen LogP contribution in [0.5, 0.6) is 11.5 Å². The Hall–Kier alpha value is -2.59. The van der Waals surface area contributed by atoms with Crippen LogP contribution in [0, 0.1) is 10.1 Å². The Morgan fingerprint density at radius 2 is 1.79 bits per heavy atom. The average Bonchev–Trinajstić information content (AvgIpc) is 3.22. The molecule has 0 bridgehead atoms. The van der Waals surface area contributed by atoms with E-state index in [2.05, 4.69) is 4.57 Å². The highest BCUT2D eigenvalue weighted by atomic mass is 35.5. The quantitative estimate of drug-likeness (QED) is 0.182. The zero-order valence-electron chi connectivity index (χ0n) is 18.9. The van der Waals surface area contributed by atoms with Crippen molar-refractivity contribution >= 4 is 45.9 Å². The van der Waals surface area contributed by atoms with Gasteiger partial charge in [-0.1, -0.05) is 42.1 Å². The minimum absolute atomic E-state index is 0.0974. The summed E-state index contributed by atoms with van der Waals surface area (Å²) < 4.78 is 12.9. The number of hydrogen-bond acceptors (Lipinski definition) is 7. The van der Waals surface area contributed by atoms with Gasteiger partial charge >= 0.3 is 0 Å². The second-order valence-corrected chi connectivity index (χ2v) is 9.10. The number of unbranched alkanes of at least 4 members (excludes halogenated alkanes) is 3. The number of nitrogens with two attached hydrogens (primary N) is 1. The van der Waals surface area contributed by atoms with Crippen molar-refractivity contribution in [2.45, 2.75) is 32.2 Å². The van der Waals surface area contributed by atoms with Crippen LogP contribution >= 0.6 is 34.5 Å². The predicted molar refractivity (Wildman–Crippen MR) is 137 cm³/mol. The first kappa shape index (κ1) is 26.0. The summed E-state index contributed by atoms with van der Waals surface area (Å²) >= 11 is 13.7. The van der Waals surface area contributed by atoms with Gasteiger partial charge in [-0.25, -0.2) is 4.99 Å². The molecule has 0 fully saturated rings. The molecule has 182 valence electrons. The Morgan fingerprint density at radius 3 is 2.47 bits per heavy atom. The number of ether oxygens (including phenoxy) is 2. The van der Waals surface area contributed by atoms with Crippen molar-refractivity contribution in [3.05, 3.63) is 60.7 Å². The fourth-order valence-corrected chi connectivity index (χ4v) is 4.85. The number of nitro groups is 1. The van der Waals surface area contributed by atoms with Crippen molar-refractivity contribution in [1.82, 2.24) is 4.57 Å². The summed E-state index contributed by atoms with van der Waals surface area (Å²) in [5.74, 6) is 0.997. The Morgan fingerprint density at radius 1 is 1.06 bits per heavy atom. The monoisotopic (exact) mass is 524 g/mol. The summed E-state index contributed by atoms with van der Waals surface area (Å²) in [6.07, 6.45) is 3.94. The molecule has 0 unspecified atom stereocenters. The van der Waals surface area contributed by atoms with Crippen LogP contribution in [0.3, 0.4) is 0 Å². The number of aromatic nitrogens is 1. The topological polar surface area (TPSA) is 105 Å². The second kappa shape index (κ2) is 12.2. The standard InChI is InChI=1S/C23H26Cl2N4O4S/c1-32-21-13-18(22(33-2)12-17(21)25)27-23-28(10-6-4-3-5-9-26)20(14-34-23)15-7-8-16(24)19(11-15)29(30)31/h7-8,11-14H,3-6,9-10,26H2,1-2H3/b27-23-. The van der Waals surface area contributed by atoms with Gasteiger partial charge in [-0.15, -0.1) is 11.3 Å². The van der Waals surface area contributed by atoms with E-state index in [9.17, 15) is 10.1 Å². The predicted octanol–water partition coefficient (Wildman–Crippen LogP) is 6.20. The number of rotatable bonds is 11. The third-order valence-corrected chi connectivity index (χ3v) is 6.72.